The number of nitrogens with one attached hydrogen (secondary N) is 1. The standard InChI is InChI=1S/C23H23BF3N5O3/c1-14(31-9-7-30(2)8-10-31)21(33)29-19-12-16(4-6-20(19)35-23(25,26)27)32-13-28-18-11-15(24)3-5-17(18)22(32)34/h3-6,11-14H,7-10H2,1-2H3,(H,29,33). The smallest absolute Gasteiger partial charge is 0.404 e. The van der Waals surface area contributed by atoms with Crippen LogP contribution < -0.4 is 21.1 Å². The summed E-state index contributed by atoms with van der Waals surface area (Å²) in [4.78, 5) is 34.2. The van der Waals surface area contributed by atoms with Gasteiger partial charge >= 0.3 is 6.36 Å². The summed E-state index contributed by atoms with van der Waals surface area (Å²) in [6, 6.07) is 7.64. The van der Waals surface area contributed by atoms with Crippen LogP contribution in [0.3, 0.4) is 0 Å². The molecule has 35 heavy (non-hydrogen) atoms. The topological polar surface area (TPSA) is 79.7 Å². The van der Waals surface area contributed by atoms with Gasteiger partial charge in [0.05, 0.1) is 28.3 Å². The summed E-state index contributed by atoms with van der Waals surface area (Å²) in [6.07, 6.45) is -3.71. The lowest BCUT2D eigenvalue weighted by atomic mass is 9.95. The molecule has 1 aromatic heterocycles. The summed E-state index contributed by atoms with van der Waals surface area (Å²) in [6.45, 7) is 4.55. The van der Waals surface area contributed by atoms with E-state index in [2.05, 4.69) is 19.9 Å². The number of rotatable bonds is 5. The van der Waals surface area contributed by atoms with Crippen LogP contribution in [0, 0.1) is 0 Å². The molecule has 1 saturated heterocycles. The van der Waals surface area contributed by atoms with Crippen molar-refractivity contribution in [2.45, 2.75) is 19.3 Å². The number of benzene rings is 2. The van der Waals surface area contributed by atoms with E-state index >= 15 is 0 Å². The highest BCUT2D eigenvalue weighted by atomic mass is 19.4. The lowest BCUT2D eigenvalue weighted by Gasteiger charge is -2.35. The molecule has 0 spiro atoms. The van der Waals surface area contributed by atoms with Gasteiger partial charge in [-0.2, -0.15) is 0 Å². The Labute approximate surface area is 200 Å². The molecule has 1 amide bonds. The third-order valence-electron chi connectivity index (χ3n) is 5.97. The fourth-order valence-corrected chi connectivity index (χ4v) is 3.91. The molecule has 1 unspecified atom stereocenters. The summed E-state index contributed by atoms with van der Waals surface area (Å²) in [5.41, 5.74) is 0.379. The van der Waals surface area contributed by atoms with Crippen molar-refractivity contribution in [3.05, 3.63) is 53.1 Å². The Morgan fingerprint density at radius 1 is 1.14 bits per heavy atom. The molecule has 1 fully saturated rings. The van der Waals surface area contributed by atoms with E-state index in [9.17, 15) is 22.8 Å². The second kappa shape index (κ2) is 9.71. The van der Waals surface area contributed by atoms with Crippen LogP contribution in [0.15, 0.2) is 47.5 Å². The van der Waals surface area contributed by atoms with Crippen LogP contribution in [-0.4, -0.2) is 78.7 Å². The molecule has 182 valence electrons. The number of aromatic nitrogens is 2. The molecule has 2 radical (unpaired) electrons. The van der Waals surface area contributed by atoms with E-state index in [-0.39, 0.29) is 16.8 Å². The van der Waals surface area contributed by atoms with Gasteiger partial charge in [-0.1, -0.05) is 11.5 Å². The number of hydrogen-bond donors (Lipinski definition) is 1. The Kier molecular flexibility index (Phi) is 6.86. The Morgan fingerprint density at radius 3 is 2.54 bits per heavy atom. The maximum Gasteiger partial charge on any atom is 0.573 e. The van der Waals surface area contributed by atoms with Crippen molar-refractivity contribution < 1.29 is 22.7 Å². The van der Waals surface area contributed by atoms with E-state index in [0.29, 0.717) is 24.1 Å². The first-order valence-corrected chi connectivity index (χ1v) is 10.9. The minimum Gasteiger partial charge on any atom is -0.404 e. The fourth-order valence-electron chi connectivity index (χ4n) is 3.91. The predicted octanol–water partition coefficient (Wildman–Crippen LogP) is 1.65. The van der Waals surface area contributed by atoms with Gasteiger partial charge in [-0.15, -0.1) is 13.2 Å². The first-order chi connectivity index (χ1) is 16.5. The number of fused-ring (bicyclic) bond motifs is 1. The summed E-state index contributed by atoms with van der Waals surface area (Å²) in [7, 11) is 7.72. The molecule has 1 N–H and O–H groups in total. The molecule has 1 atom stereocenters. The quantitative estimate of drug-likeness (QED) is 0.554. The summed E-state index contributed by atoms with van der Waals surface area (Å²) in [5.74, 6) is -1.08. The van der Waals surface area contributed by atoms with Crippen molar-refractivity contribution >= 4 is 35.8 Å². The second-order valence-electron chi connectivity index (χ2n) is 8.43. The Bertz CT molecular complexity index is 1310. The van der Waals surface area contributed by atoms with Crippen LogP contribution in [0.1, 0.15) is 6.92 Å². The molecule has 0 aliphatic carbocycles. The van der Waals surface area contributed by atoms with Gasteiger partial charge in [0.15, 0.2) is 5.75 Å². The highest BCUT2D eigenvalue weighted by Crippen LogP contribution is 2.32. The first-order valence-electron chi connectivity index (χ1n) is 10.9. The zero-order valence-electron chi connectivity index (χ0n) is 19.2. The van der Waals surface area contributed by atoms with Crippen LogP contribution >= 0.6 is 0 Å². The fraction of sp³-hybridized carbons (Fsp3) is 0.348. The van der Waals surface area contributed by atoms with Crippen LogP contribution in [0.25, 0.3) is 16.6 Å². The number of carbonyl (C=O) groups excluding carboxylic acids is 1. The molecule has 1 aliphatic rings. The normalized spacial score (nSPS) is 16.3. The molecule has 2 heterocycles. The molecule has 12 heteroatoms. The minimum atomic E-state index is -4.97. The number of halogens is 3. The Balaban J connectivity index is 1.68. The maximum absolute atomic E-state index is 13.0. The third-order valence-corrected chi connectivity index (χ3v) is 5.97. The summed E-state index contributed by atoms with van der Waals surface area (Å²) in [5, 5.41) is 2.83. The first kappa shape index (κ1) is 24.7. The molecular formula is C23H23BF3N5O3. The van der Waals surface area contributed by atoms with Gasteiger partial charge in [0.2, 0.25) is 5.91 Å². The molecule has 4 rings (SSSR count). The van der Waals surface area contributed by atoms with Crippen molar-refractivity contribution in [1.29, 1.82) is 0 Å². The highest BCUT2D eigenvalue weighted by Gasteiger charge is 2.33. The van der Waals surface area contributed by atoms with Crippen LogP contribution in [0.4, 0.5) is 18.9 Å². The monoisotopic (exact) mass is 485 g/mol. The molecule has 8 nitrogen and oxygen atoms in total. The van der Waals surface area contributed by atoms with E-state index in [1.54, 1.807) is 19.1 Å². The number of ether oxygens (including phenoxy) is 1. The third kappa shape index (κ3) is 5.65. The molecule has 1 aliphatic heterocycles. The average molecular weight is 485 g/mol. The SMILES string of the molecule is [B]c1ccc2c(=O)n(-c3ccc(OC(F)(F)F)c(NC(=O)C(C)N4CCN(C)CC4)c3)cnc2c1. The Hall–Kier alpha value is -3.38. The number of alkyl halides is 3. The molecule has 0 saturated carbocycles. The summed E-state index contributed by atoms with van der Waals surface area (Å²) >= 11 is 0. The number of anilines is 1. The van der Waals surface area contributed by atoms with E-state index in [1.165, 1.54) is 29.1 Å². The highest BCUT2D eigenvalue weighted by molar-refractivity contribution is 6.33. The number of likely N-dealkylation sites (N-methyl/N-ethyl adjacent to an activating group) is 1. The zero-order valence-corrected chi connectivity index (χ0v) is 19.2. The van der Waals surface area contributed by atoms with Crippen LogP contribution in [0.2, 0.25) is 0 Å². The van der Waals surface area contributed by atoms with Crippen LogP contribution in [-0.2, 0) is 4.79 Å². The van der Waals surface area contributed by atoms with E-state index in [1.807, 2.05) is 11.9 Å². The number of piperazine rings is 1. The van der Waals surface area contributed by atoms with Gasteiger partial charge in [0.1, 0.15) is 14.2 Å². The van der Waals surface area contributed by atoms with Gasteiger partial charge in [-0.3, -0.25) is 19.1 Å². The zero-order chi connectivity index (χ0) is 25.3. The van der Waals surface area contributed by atoms with Gasteiger partial charge < -0.3 is 15.0 Å². The molecule has 2 aromatic carbocycles. The van der Waals surface area contributed by atoms with Gasteiger partial charge in [-0.05, 0) is 44.3 Å². The lowest BCUT2D eigenvalue weighted by molar-refractivity contribution is -0.274. The summed E-state index contributed by atoms with van der Waals surface area (Å²) < 4.78 is 44.4. The predicted molar refractivity (Wildman–Crippen MR) is 127 cm³/mol. The van der Waals surface area contributed by atoms with Gasteiger partial charge in [0.25, 0.3) is 5.56 Å². The van der Waals surface area contributed by atoms with Crippen molar-refractivity contribution in [3.63, 3.8) is 0 Å². The van der Waals surface area contributed by atoms with E-state index < -0.39 is 29.6 Å². The van der Waals surface area contributed by atoms with Crippen molar-refractivity contribution in [2.75, 3.05) is 38.5 Å². The second-order valence-corrected chi connectivity index (χ2v) is 8.43. The van der Waals surface area contributed by atoms with Crippen LogP contribution in [0.5, 0.6) is 5.75 Å². The van der Waals surface area contributed by atoms with E-state index in [4.69, 9.17) is 7.85 Å². The van der Waals surface area contributed by atoms with Gasteiger partial charge in [0, 0.05) is 26.2 Å². The number of amides is 1. The largest absolute Gasteiger partial charge is 0.573 e. The number of carbonyl (C=O) groups is 1. The Morgan fingerprint density at radius 2 is 1.86 bits per heavy atom. The minimum absolute atomic E-state index is 0.207. The molecule has 3 aromatic rings. The van der Waals surface area contributed by atoms with Crippen molar-refractivity contribution in [2.24, 2.45) is 0 Å². The van der Waals surface area contributed by atoms with E-state index in [0.717, 1.165) is 19.2 Å². The van der Waals surface area contributed by atoms with Crippen molar-refractivity contribution in [1.82, 2.24) is 19.4 Å². The lowest BCUT2D eigenvalue weighted by Crippen LogP contribution is -2.51. The maximum atomic E-state index is 13.0. The van der Waals surface area contributed by atoms with Crippen molar-refractivity contribution in [3.8, 4) is 11.4 Å². The number of nitrogens with zero attached hydrogens (tertiary/aromatic N) is 4. The number of hydrogen-bond acceptors (Lipinski definition) is 6. The molecule has 0 bridgehead atoms. The molecular weight excluding hydrogens is 462 g/mol. The van der Waals surface area contributed by atoms with Gasteiger partial charge in [-0.25, -0.2) is 4.98 Å². The average Bonchev–Trinajstić information content (AvgIpc) is 2.79.